The molecule has 3 rings (SSSR count). The summed E-state index contributed by atoms with van der Waals surface area (Å²) in [4.78, 5) is 14.8. The third kappa shape index (κ3) is 3.50. The van der Waals surface area contributed by atoms with E-state index in [0.717, 1.165) is 32.2 Å². The Labute approximate surface area is 135 Å². The molecule has 1 fully saturated rings. The first-order valence-corrected chi connectivity index (χ1v) is 8.23. The Balaban J connectivity index is 1.77. The Kier molecular flexibility index (Phi) is 4.86. The number of hydrogen-bond donors (Lipinski definition) is 1. The van der Waals surface area contributed by atoms with E-state index in [1.165, 1.54) is 0 Å². The van der Waals surface area contributed by atoms with Crippen molar-refractivity contribution in [3.05, 3.63) is 47.8 Å². The zero-order valence-corrected chi connectivity index (χ0v) is 13.4. The summed E-state index contributed by atoms with van der Waals surface area (Å²) in [6, 6.07) is 5.28. The zero-order chi connectivity index (χ0) is 16.2. The molecule has 0 bridgehead atoms. The molecular formula is C18H23NO4. The third-order valence-electron chi connectivity index (χ3n) is 4.59. The minimum absolute atomic E-state index is 0.00482. The van der Waals surface area contributed by atoms with E-state index in [1.807, 2.05) is 4.90 Å². The fraction of sp³-hybridized carbons (Fsp3) is 0.500. The van der Waals surface area contributed by atoms with Gasteiger partial charge in [-0.3, -0.25) is 4.79 Å². The van der Waals surface area contributed by atoms with Crippen LogP contribution in [0.2, 0.25) is 0 Å². The van der Waals surface area contributed by atoms with Gasteiger partial charge in [0.05, 0.1) is 18.1 Å². The van der Waals surface area contributed by atoms with E-state index >= 15 is 0 Å². The lowest BCUT2D eigenvalue weighted by Gasteiger charge is -2.31. The molecule has 2 aromatic rings. The topological polar surface area (TPSA) is 66.8 Å². The van der Waals surface area contributed by atoms with Gasteiger partial charge < -0.3 is 18.8 Å². The molecule has 1 aliphatic heterocycles. The molecule has 5 heteroatoms. The molecule has 2 atom stereocenters. The molecule has 5 nitrogen and oxygen atoms in total. The highest BCUT2D eigenvalue weighted by molar-refractivity contribution is 5.95. The summed E-state index contributed by atoms with van der Waals surface area (Å²) in [5.41, 5.74) is 0.615. The van der Waals surface area contributed by atoms with Crippen LogP contribution in [0.3, 0.4) is 0 Å². The third-order valence-corrected chi connectivity index (χ3v) is 4.59. The van der Waals surface area contributed by atoms with Gasteiger partial charge in [-0.15, -0.1) is 0 Å². The molecule has 0 spiro atoms. The molecule has 2 aromatic heterocycles. The molecule has 1 amide bonds. The smallest absolute Gasteiger partial charge is 0.257 e. The first-order chi connectivity index (χ1) is 11.2. The molecule has 1 aliphatic rings. The van der Waals surface area contributed by atoms with Crippen LogP contribution in [-0.4, -0.2) is 28.5 Å². The lowest BCUT2D eigenvalue weighted by molar-refractivity contribution is 0.0556. The zero-order valence-electron chi connectivity index (χ0n) is 13.4. The van der Waals surface area contributed by atoms with Crippen molar-refractivity contribution in [3.63, 3.8) is 0 Å². The minimum atomic E-state index is -0.686. The van der Waals surface area contributed by atoms with E-state index < -0.39 is 6.10 Å². The molecule has 0 radical (unpaired) electrons. The molecule has 1 N–H and O–H groups in total. The van der Waals surface area contributed by atoms with Gasteiger partial charge in [0.25, 0.3) is 5.91 Å². The van der Waals surface area contributed by atoms with Crippen LogP contribution in [0.25, 0.3) is 0 Å². The van der Waals surface area contributed by atoms with Crippen LogP contribution in [0.5, 0.6) is 0 Å². The van der Waals surface area contributed by atoms with Gasteiger partial charge in [0, 0.05) is 19.0 Å². The van der Waals surface area contributed by atoms with Crippen molar-refractivity contribution in [1.82, 2.24) is 4.90 Å². The van der Waals surface area contributed by atoms with Crippen LogP contribution in [0, 0.1) is 6.92 Å². The van der Waals surface area contributed by atoms with Crippen molar-refractivity contribution in [2.75, 3.05) is 6.54 Å². The Morgan fingerprint density at radius 3 is 2.87 bits per heavy atom. The Morgan fingerprint density at radius 1 is 1.30 bits per heavy atom. The summed E-state index contributed by atoms with van der Waals surface area (Å²) < 4.78 is 10.6. The van der Waals surface area contributed by atoms with Gasteiger partial charge in [-0.1, -0.05) is 12.8 Å². The highest BCUT2D eigenvalue weighted by Gasteiger charge is 2.30. The molecule has 1 saturated heterocycles. The number of carbonyl (C=O) groups is 1. The number of nitrogens with zero attached hydrogens (tertiary/aromatic N) is 1. The number of hydrogen-bond acceptors (Lipinski definition) is 4. The van der Waals surface area contributed by atoms with Crippen LogP contribution >= 0.6 is 0 Å². The van der Waals surface area contributed by atoms with Crippen molar-refractivity contribution in [2.45, 2.75) is 51.2 Å². The maximum atomic E-state index is 12.9. The molecule has 23 heavy (non-hydrogen) atoms. The highest BCUT2D eigenvalue weighted by atomic mass is 16.4. The quantitative estimate of drug-likeness (QED) is 0.934. The van der Waals surface area contributed by atoms with Gasteiger partial charge >= 0.3 is 0 Å². The van der Waals surface area contributed by atoms with E-state index in [0.29, 0.717) is 23.5 Å². The molecule has 0 aromatic carbocycles. The van der Waals surface area contributed by atoms with Crippen LogP contribution in [0.15, 0.2) is 39.6 Å². The van der Waals surface area contributed by atoms with Crippen molar-refractivity contribution in [2.24, 2.45) is 0 Å². The van der Waals surface area contributed by atoms with Gasteiger partial charge in [-0.25, -0.2) is 0 Å². The van der Waals surface area contributed by atoms with Crippen LogP contribution < -0.4 is 0 Å². The van der Waals surface area contributed by atoms with Crippen molar-refractivity contribution >= 4 is 5.91 Å². The second kappa shape index (κ2) is 7.04. The molecule has 0 saturated carbocycles. The number of aliphatic hydroxyl groups is 1. The van der Waals surface area contributed by atoms with E-state index in [4.69, 9.17) is 8.83 Å². The van der Waals surface area contributed by atoms with E-state index in [1.54, 1.807) is 37.6 Å². The van der Waals surface area contributed by atoms with Crippen molar-refractivity contribution in [3.8, 4) is 0 Å². The summed E-state index contributed by atoms with van der Waals surface area (Å²) in [6.07, 6.45) is 7.00. The predicted molar refractivity (Wildman–Crippen MR) is 85.0 cm³/mol. The number of aryl methyl sites for hydroxylation is 1. The number of amides is 1. The Morgan fingerprint density at radius 2 is 2.17 bits per heavy atom. The largest absolute Gasteiger partial charge is 0.469 e. The normalized spacial score (nSPS) is 20.3. The maximum Gasteiger partial charge on any atom is 0.257 e. The van der Waals surface area contributed by atoms with Crippen molar-refractivity contribution in [1.29, 1.82) is 0 Å². The SMILES string of the molecule is Cc1occc1C(=O)N1CCCCC[C@@H]1C[C@@H](O)c1ccco1. The fourth-order valence-corrected chi connectivity index (χ4v) is 3.31. The second-order valence-electron chi connectivity index (χ2n) is 6.16. The molecule has 124 valence electrons. The van der Waals surface area contributed by atoms with E-state index in [9.17, 15) is 9.90 Å². The first kappa shape index (κ1) is 15.9. The van der Waals surface area contributed by atoms with Gasteiger partial charge in [0.2, 0.25) is 0 Å². The van der Waals surface area contributed by atoms with E-state index in [2.05, 4.69) is 0 Å². The molecule has 0 aliphatic carbocycles. The fourth-order valence-electron chi connectivity index (χ4n) is 3.31. The number of rotatable bonds is 4. The average molecular weight is 317 g/mol. The number of carbonyl (C=O) groups excluding carboxylic acids is 1. The lowest BCUT2D eigenvalue weighted by atomic mass is 10.0. The predicted octanol–water partition coefficient (Wildman–Crippen LogP) is 3.69. The monoisotopic (exact) mass is 317 g/mol. The molecular weight excluding hydrogens is 294 g/mol. The summed E-state index contributed by atoms with van der Waals surface area (Å²) >= 11 is 0. The van der Waals surface area contributed by atoms with Gasteiger partial charge in [0.1, 0.15) is 17.6 Å². The summed E-state index contributed by atoms with van der Waals surface area (Å²) in [7, 11) is 0. The Bertz CT molecular complexity index is 631. The standard InChI is InChI=1S/C18H23NO4/c1-13-15(8-11-22-13)18(21)19-9-4-2-3-6-14(19)12-16(20)17-7-5-10-23-17/h5,7-8,10-11,14,16,20H,2-4,6,9,12H2,1H3/t14-,16-/m1/s1. The Hall–Kier alpha value is -2.01. The van der Waals surface area contributed by atoms with Gasteiger partial charge in [-0.05, 0) is 38.0 Å². The van der Waals surface area contributed by atoms with Gasteiger partial charge in [-0.2, -0.15) is 0 Å². The van der Waals surface area contributed by atoms with Crippen LogP contribution in [0.4, 0.5) is 0 Å². The molecule has 3 heterocycles. The molecule has 0 unspecified atom stereocenters. The van der Waals surface area contributed by atoms with Crippen molar-refractivity contribution < 1.29 is 18.7 Å². The maximum absolute atomic E-state index is 12.9. The highest BCUT2D eigenvalue weighted by Crippen LogP contribution is 2.28. The second-order valence-corrected chi connectivity index (χ2v) is 6.16. The van der Waals surface area contributed by atoms with E-state index in [-0.39, 0.29) is 11.9 Å². The number of likely N-dealkylation sites (tertiary alicyclic amines) is 1. The minimum Gasteiger partial charge on any atom is -0.469 e. The summed E-state index contributed by atoms with van der Waals surface area (Å²) in [5.74, 6) is 1.19. The summed E-state index contributed by atoms with van der Waals surface area (Å²) in [6.45, 7) is 2.52. The summed E-state index contributed by atoms with van der Waals surface area (Å²) in [5, 5.41) is 10.4. The lowest BCUT2D eigenvalue weighted by Crippen LogP contribution is -2.41. The first-order valence-electron chi connectivity index (χ1n) is 8.23. The van der Waals surface area contributed by atoms with Gasteiger partial charge in [0.15, 0.2) is 0 Å². The number of furan rings is 2. The average Bonchev–Trinajstić information content (AvgIpc) is 3.16. The van der Waals surface area contributed by atoms with Crippen LogP contribution in [0.1, 0.15) is 60.1 Å². The van der Waals surface area contributed by atoms with Crippen LogP contribution in [-0.2, 0) is 0 Å². The number of aliphatic hydroxyl groups excluding tert-OH is 1.